The van der Waals surface area contributed by atoms with Gasteiger partial charge in [0.2, 0.25) is 0 Å². The zero-order valence-corrected chi connectivity index (χ0v) is 39.9. The van der Waals surface area contributed by atoms with Crippen molar-refractivity contribution in [2.45, 2.75) is 13.8 Å². The molecular weight excluding hydrogens is 907 g/mol. The SMILES string of the molecule is [C-]#[N+]c1cccc(-c2ccc3c(c2)c2cc(-c4cccc(C#N)c4)ccc2n3-c2cc(C#N)cc(-n3c4ccc(-c5cccc(C#N)c5)cc4c4cc(-c5cccc(C#N)c5)ccc43)c2-c2nc(C)cc(C)n2)c1. The molecule has 0 saturated carbocycles. The van der Waals surface area contributed by atoms with Crippen molar-refractivity contribution in [1.29, 1.82) is 21.0 Å². The monoisotopic (exact) mass is 943 g/mol. The number of rotatable bonds is 7. The zero-order valence-electron chi connectivity index (χ0n) is 39.9. The Kier molecular flexibility index (Phi) is 10.7. The van der Waals surface area contributed by atoms with Crippen molar-refractivity contribution in [2.75, 3.05) is 0 Å². The lowest BCUT2D eigenvalue weighted by Crippen LogP contribution is -2.07. The Labute approximate surface area is 426 Å². The van der Waals surface area contributed by atoms with Crippen LogP contribution in [0.1, 0.15) is 33.6 Å². The quantitative estimate of drug-likeness (QED) is 0.146. The van der Waals surface area contributed by atoms with Crippen molar-refractivity contribution in [3.8, 4) is 91.5 Å². The molecule has 9 heteroatoms. The van der Waals surface area contributed by atoms with Crippen LogP contribution in [0.5, 0.6) is 0 Å². The molecule has 3 aromatic heterocycles. The van der Waals surface area contributed by atoms with E-state index in [4.69, 9.17) is 16.5 Å². The molecule has 0 aliphatic rings. The Morgan fingerprint density at radius 3 is 1.07 bits per heavy atom. The summed E-state index contributed by atoms with van der Waals surface area (Å²) < 4.78 is 4.40. The van der Waals surface area contributed by atoms with Gasteiger partial charge in [0.25, 0.3) is 0 Å². The minimum atomic E-state index is 0.417. The van der Waals surface area contributed by atoms with Crippen LogP contribution in [0.4, 0.5) is 5.69 Å². The molecule has 0 fully saturated rings. The van der Waals surface area contributed by atoms with Crippen LogP contribution < -0.4 is 0 Å². The van der Waals surface area contributed by atoms with Gasteiger partial charge in [-0.1, -0.05) is 78.9 Å². The highest BCUT2D eigenvalue weighted by molar-refractivity contribution is 6.14. The molecule has 0 bridgehead atoms. The molecule has 0 aliphatic carbocycles. The van der Waals surface area contributed by atoms with Gasteiger partial charge in [0.15, 0.2) is 11.5 Å². The van der Waals surface area contributed by atoms with Crippen molar-refractivity contribution in [2.24, 2.45) is 0 Å². The van der Waals surface area contributed by atoms with Crippen molar-refractivity contribution in [1.82, 2.24) is 19.1 Å². The van der Waals surface area contributed by atoms with Crippen LogP contribution in [0.2, 0.25) is 0 Å². The maximum atomic E-state index is 11.1. The van der Waals surface area contributed by atoms with Gasteiger partial charge in [0.1, 0.15) is 0 Å². The molecule has 342 valence electrons. The summed E-state index contributed by atoms with van der Waals surface area (Å²) in [7, 11) is 0. The van der Waals surface area contributed by atoms with Gasteiger partial charge in [-0.05, 0) is 168 Å². The number of benzene rings is 9. The molecule has 0 saturated heterocycles. The Morgan fingerprint density at radius 1 is 0.378 bits per heavy atom. The summed E-state index contributed by atoms with van der Waals surface area (Å²) in [6.07, 6.45) is 0. The van der Waals surface area contributed by atoms with Crippen molar-refractivity contribution in [3.63, 3.8) is 0 Å². The number of aromatic nitrogens is 4. The van der Waals surface area contributed by atoms with Gasteiger partial charge in [0.05, 0.1) is 92.1 Å². The Hall–Kier alpha value is -10.9. The van der Waals surface area contributed by atoms with E-state index >= 15 is 0 Å². The Balaban J connectivity index is 1.20. The van der Waals surface area contributed by atoms with E-state index in [1.165, 1.54) is 0 Å². The third kappa shape index (κ3) is 7.54. The molecule has 74 heavy (non-hydrogen) atoms. The van der Waals surface area contributed by atoms with Crippen LogP contribution >= 0.6 is 0 Å². The lowest BCUT2D eigenvalue weighted by atomic mass is 9.99. The first-order valence-corrected chi connectivity index (χ1v) is 23.8. The zero-order chi connectivity index (χ0) is 50.6. The maximum Gasteiger partial charge on any atom is 0.187 e. The average molecular weight is 944 g/mol. The fraction of sp³-hybridized carbons (Fsp3) is 0.0308. The highest BCUT2D eigenvalue weighted by Crippen LogP contribution is 2.45. The van der Waals surface area contributed by atoms with Crippen LogP contribution in [0.3, 0.4) is 0 Å². The third-order valence-corrected chi connectivity index (χ3v) is 13.7. The van der Waals surface area contributed by atoms with E-state index in [9.17, 15) is 21.0 Å². The van der Waals surface area contributed by atoms with Gasteiger partial charge in [-0.25, -0.2) is 14.8 Å². The predicted molar refractivity (Wildman–Crippen MR) is 292 cm³/mol. The van der Waals surface area contributed by atoms with Gasteiger partial charge in [-0.3, -0.25) is 0 Å². The minimum absolute atomic E-state index is 0.417. The van der Waals surface area contributed by atoms with Crippen LogP contribution in [0, 0.1) is 65.7 Å². The summed E-state index contributed by atoms with van der Waals surface area (Å²) in [6, 6.07) is 70.8. The van der Waals surface area contributed by atoms with Gasteiger partial charge in [-0.15, -0.1) is 0 Å². The fourth-order valence-electron chi connectivity index (χ4n) is 10.4. The van der Waals surface area contributed by atoms with Crippen LogP contribution in [0.15, 0.2) is 188 Å². The standard InChI is InChI=1S/C65H37N9/c1-39-24-40(2)72-65(71-39)64-62(73-58-20-16-49(45-11-4-8-41(25-45)35-66)31-54(58)55-32-50(17-21-59(55)73)46-12-5-9-42(26-46)36-67)28-44(38-69)29-63(64)74-60-22-18-51(47-13-6-10-43(27-47)37-68)33-56(60)57-34-52(19-23-61(57)74)48-14-7-15-53(30-48)70-3/h4-34H,1-2H3. The van der Waals surface area contributed by atoms with E-state index in [0.717, 1.165) is 99.5 Å². The molecule has 0 atom stereocenters. The molecule has 9 aromatic carbocycles. The van der Waals surface area contributed by atoms with Gasteiger partial charge in [-0.2, -0.15) is 21.0 Å². The van der Waals surface area contributed by atoms with Crippen molar-refractivity contribution >= 4 is 49.3 Å². The Bertz CT molecular complexity index is 4080. The molecule has 0 spiro atoms. The van der Waals surface area contributed by atoms with E-state index in [2.05, 4.69) is 111 Å². The second-order valence-corrected chi connectivity index (χ2v) is 18.3. The third-order valence-electron chi connectivity index (χ3n) is 13.7. The number of fused-ring (bicyclic) bond motifs is 6. The summed E-state index contributed by atoms with van der Waals surface area (Å²) in [6.45, 7) is 11.7. The van der Waals surface area contributed by atoms with E-state index < -0.39 is 0 Å². The fourth-order valence-corrected chi connectivity index (χ4v) is 10.4. The summed E-state index contributed by atoms with van der Waals surface area (Å²) in [5.74, 6) is 0.481. The smallest absolute Gasteiger partial charge is 0.187 e. The van der Waals surface area contributed by atoms with Gasteiger partial charge >= 0.3 is 0 Å². The minimum Gasteiger partial charge on any atom is -0.308 e. The topological polar surface area (TPSA) is 135 Å². The summed E-state index contributed by atoms with van der Waals surface area (Å²) >= 11 is 0. The molecule has 9 nitrogen and oxygen atoms in total. The number of nitriles is 4. The molecule has 0 N–H and O–H groups in total. The van der Waals surface area contributed by atoms with Crippen LogP contribution in [-0.2, 0) is 0 Å². The summed E-state index contributed by atoms with van der Waals surface area (Å²) in [4.78, 5) is 14.1. The molecule has 12 aromatic rings. The molecular formula is C65H37N9. The summed E-state index contributed by atoms with van der Waals surface area (Å²) in [5, 5.41) is 44.5. The number of aryl methyl sites for hydroxylation is 2. The number of hydrogen-bond acceptors (Lipinski definition) is 6. The lowest BCUT2D eigenvalue weighted by Gasteiger charge is -2.20. The molecule has 12 rings (SSSR count). The Morgan fingerprint density at radius 2 is 0.716 bits per heavy atom. The second-order valence-electron chi connectivity index (χ2n) is 18.3. The largest absolute Gasteiger partial charge is 0.308 e. The lowest BCUT2D eigenvalue weighted by molar-refractivity contribution is 1.04. The molecule has 0 aliphatic heterocycles. The van der Waals surface area contributed by atoms with Crippen molar-refractivity contribution in [3.05, 3.63) is 233 Å². The molecule has 0 unspecified atom stereocenters. The molecule has 0 amide bonds. The average Bonchev–Trinajstić information content (AvgIpc) is 3.95. The first-order valence-electron chi connectivity index (χ1n) is 23.8. The summed E-state index contributed by atoms with van der Waals surface area (Å²) in [5.41, 5.74) is 17.1. The predicted octanol–water partition coefficient (Wildman–Crippen LogP) is 15.7. The first-order chi connectivity index (χ1) is 36.2. The number of nitrogens with zero attached hydrogens (tertiary/aromatic N) is 9. The van der Waals surface area contributed by atoms with E-state index in [0.29, 0.717) is 50.7 Å². The van der Waals surface area contributed by atoms with Gasteiger partial charge in [0, 0.05) is 32.9 Å². The molecule has 3 heterocycles. The van der Waals surface area contributed by atoms with Crippen molar-refractivity contribution < 1.29 is 0 Å². The number of hydrogen-bond donors (Lipinski definition) is 0. The van der Waals surface area contributed by atoms with Gasteiger partial charge < -0.3 is 9.13 Å². The maximum absolute atomic E-state index is 11.1. The van der Waals surface area contributed by atoms with E-state index in [1.54, 1.807) is 24.3 Å². The van der Waals surface area contributed by atoms with E-state index in [1.807, 2.05) is 105 Å². The normalized spacial score (nSPS) is 11.0. The first kappa shape index (κ1) is 44.3. The highest BCUT2D eigenvalue weighted by atomic mass is 15.0. The second kappa shape index (κ2) is 17.8. The van der Waals surface area contributed by atoms with Crippen LogP contribution in [-0.4, -0.2) is 19.1 Å². The van der Waals surface area contributed by atoms with E-state index in [-0.39, 0.29) is 0 Å². The highest BCUT2D eigenvalue weighted by Gasteiger charge is 2.26. The molecule has 0 radical (unpaired) electrons. The van der Waals surface area contributed by atoms with Crippen LogP contribution in [0.25, 0.3) is 116 Å².